The summed E-state index contributed by atoms with van der Waals surface area (Å²) in [7, 11) is 0. The Hall–Kier alpha value is -2.48. The molecule has 0 atom stereocenters. The Morgan fingerprint density at radius 3 is 1.46 bits per heavy atom. The average molecular weight is 539 g/mol. The van der Waals surface area contributed by atoms with Crippen LogP contribution in [0.3, 0.4) is 0 Å². The predicted octanol–water partition coefficient (Wildman–Crippen LogP) is 11.7. The summed E-state index contributed by atoms with van der Waals surface area (Å²) in [5.41, 5.74) is 7.93. The second-order valence-corrected chi connectivity index (χ2v) is 14.2. The fraction of sp³-hybridized carbons (Fsp3) is 0.514. The molecule has 218 valence electrons. The monoisotopic (exact) mass is 538 g/mol. The van der Waals surface area contributed by atoms with E-state index >= 15 is 0 Å². The van der Waals surface area contributed by atoms with Gasteiger partial charge in [0.2, 0.25) is 0 Å². The van der Waals surface area contributed by atoms with Crippen LogP contribution in [0.4, 0.5) is 8.78 Å². The van der Waals surface area contributed by atoms with E-state index in [-0.39, 0.29) is 29.9 Å². The van der Waals surface area contributed by atoms with Crippen LogP contribution in [-0.4, -0.2) is 0 Å². The lowest BCUT2D eigenvalue weighted by Crippen LogP contribution is -2.10. The van der Waals surface area contributed by atoms with Crippen LogP contribution in [-0.2, 0) is 19.3 Å². The molecule has 0 heterocycles. The van der Waals surface area contributed by atoms with Gasteiger partial charge in [-0.1, -0.05) is 112 Å². The van der Waals surface area contributed by atoms with Gasteiger partial charge in [-0.15, -0.1) is 0 Å². The van der Waals surface area contributed by atoms with Crippen molar-refractivity contribution in [3.8, 4) is 0 Å². The van der Waals surface area contributed by atoms with Gasteiger partial charge in [0.1, 0.15) is 11.6 Å². The summed E-state index contributed by atoms with van der Waals surface area (Å²) in [6.07, 6.45) is 3.02. The molecule has 0 aromatic heterocycles. The smallest absolute Gasteiger partial charge is 0.126 e. The molecule has 0 aliphatic rings. The Labute approximate surface area is 240 Å². The summed E-state index contributed by atoms with van der Waals surface area (Å²) in [5, 5.41) is 0. The van der Waals surface area contributed by atoms with Crippen molar-refractivity contribution in [2.24, 2.45) is 16.2 Å². The zero-order valence-electron chi connectivity index (χ0n) is 26.2. The van der Waals surface area contributed by atoms with E-state index in [4.69, 9.17) is 0 Å². The zero-order chi connectivity index (χ0) is 29.3. The van der Waals surface area contributed by atoms with Gasteiger partial charge in [0.15, 0.2) is 0 Å². The second-order valence-electron chi connectivity index (χ2n) is 14.2. The first-order valence-electron chi connectivity index (χ1n) is 13.8. The molecular formula is C37H56F2. The van der Waals surface area contributed by atoms with Crippen molar-refractivity contribution in [2.75, 3.05) is 0 Å². The number of rotatable bonds is 3. The minimum Gasteiger partial charge on any atom is -0.207 e. The Kier molecular flexibility index (Phi) is 14.4. The summed E-state index contributed by atoms with van der Waals surface area (Å²) in [6.45, 7) is 25.9. The van der Waals surface area contributed by atoms with Crippen molar-refractivity contribution < 1.29 is 8.78 Å². The van der Waals surface area contributed by atoms with E-state index in [1.54, 1.807) is 12.1 Å². The molecule has 0 spiro atoms. The quantitative estimate of drug-likeness (QED) is 0.311. The van der Waals surface area contributed by atoms with Gasteiger partial charge in [-0.3, -0.25) is 0 Å². The van der Waals surface area contributed by atoms with Gasteiger partial charge in [-0.25, -0.2) is 8.78 Å². The van der Waals surface area contributed by atoms with Crippen LogP contribution in [0.25, 0.3) is 0 Å². The van der Waals surface area contributed by atoms with Gasteiger partial charge in [0.25, 0.3) is 0 Å². The zero-order valence-corrected chi connectivity index (χ0v) is 26.2. The Balaban J connectivity index is 0.000000549. The SMILES string of the molecule is C.Cc1c(F)cccc1CC(C)(C)C.Cc1ccc(F)cc1CC(C)(C)C.Cc1ccccc1CC(C)(C)C. The molecule has 0 aliphatic carbocycles. The fourth-order valence-electron chi connectivity index (χ4n) is 4.20. The number of benzene rings is 3. The van der Waals surface area contributed by atoms with Gasteiger partial charge in [0, 0.05) is 0 Å². The maximum Gasteiger partial charge on any atom is 0.126 e. The van der Waals surface area contributed by atoms with Crippen LogP contribution in [0.2, 0.25) is 0 Å². The lowest BCUT2D eigenvalue weighted by atomic mass is 9.86. The van der Waals surface area contributed by atoms with Crippen LogP contribution in [0, 0.1) is 48.7 Å². The molecular weight excluding hydrogens is 482 g/mol. The van der Waals surface area contributed by atoms with E-state index < -0.39 is 0 Å². The topological polar surface area (TPSA) is 0 Å². The average Bonchev–Trinajstić information content (AvgIpc) is 2.74. The van der Waals surface area contributed by atoms with Crippen molar-refractivity contribution in [3.05, 3.63) is 106 Å². The van der Waals surface area contributed by atoms with E-state index in [9.17, 15) is 8.78 Å². The van der Waals surface area contributed by atoms with Gasteiger partial charge >= 0.3 is 0 Å². The third-order valence-corrected chi connectivity index (χ3v) is 6.11. The van der Waals surface area contributed by atoms with E-state index in [1.807, 2.05) is 26.0 Å². The van der Waals surface area contributed by atoms with Gasteiger partial charge < -0.3 is 0 Å². The molecule has 0 bridgehead atoms. The molecule has 3 rings (SSSR count). The summed E-state index contributed by atoms with van der Waals surface area (Å²) < 4.78 is 26.1. The van der Waals surface area contributed by atoms with Gasteiger partial charge in [-0.2, -0.15) is 0 Å². The molecule has 0 unspecified atom stereocenters. The number of aryl methyl sites for hydroxylation is 2. The molecule has 0 saturated carbocycles. The molecule has 3 aromatic carbocycles. The summed E-state index contributed by atoms with van der Waals surface area (Å²) in [4.78, 5) is 0. The molecule has 0 N–H and O–H groups in total. The molecule has 0 fully saturated rings. The van der Waals surface area contributed by atoms with Gasteiger partial charge in [0.05, 0.1) is 0 Å². The number of hydrogen-bond donors (Lipinski definition) is 0. The molecule has 0 nitrogen and oxygen atoms in total. The number of hydrogen-bond acceptors (Lipinski definition) is 0. The molecule has 2 heteroatoms. The molecule has 0 radical (unpaired) electrons. The summed E-state index contributed by atoms with van der Waals surface area (Å²) in [6, 6.07) is 18.9. The molecule has 0 aliphatic heterocycles. The van der Waals surface area contributed by atoms with Crippen LogP contribution in [0.5, 0.6) is 0 Å². The van der Waals surface area contributed by atoms with E-state index in [1.165, 1.54) is 35.2 Å². The van der Waals surface area contributed by atoms with Crippen LogP contribution >= 0.6 is 0 Å². The third-order valence-electron chi connectivity index (χ3n) is 6.11. The summed E-state index contributed by atoms with van der Waals surface area (Å²) in [5.74, 6) is -0.230. The van der Waals surface area contributed by atoms with Crippen molar-refractivity contribution >= 4 is 0 Å². The highest BCUT2D eigenvalue weighted by Gasteiger charge is 2.15. The highest BCUT2D eigenvalue weighted by atomic mass is 19.1. The minimum absolute atomic E-state index is 0. The Bertz CT molecular complexity index is 1120. The van der Waals surface area contributed by atoms with Crippen molar-refractivity contribution in [1.29, 1.82) is 0 Å². The predicted molar refractivity (Wildman–Crippen MR) is 170 cm³/mol. The van der Waals surface area contributed by atoms with Crippen molar-refractivity contribution in [3.63, 3.8) is 0 Å². The first kappa shape index (κ1) is 36.5. The third kappa shape index (κ3) is 15.6. The first-order chi connectivity index (χ1) is 17.3. The van der Waals surface area contributed by atoms with Crippen LogP contribution < -0.4 is 0 Å². The normalized spacial score (nSPS) is 11.4. The lowest BCUT2D eigenvalue weighted by Gasteiger charge is -2.19. The Morgan fingerprint density at radius 1 is 0.513 bits per heavy atom. The highest BCUT2D eigenvalue weighted by Crippen LogP contribution is 2.25. The fourth-order valence-corrected chi connectivity index (χ4v) is 4.20. The number of halogens is 2. The Morgan fingerprint density at radius 2 is 0.949 bits per heavy atom. The van der Waals surface area contributed by atoms with E-state index in [0.29, 0.717) is 5.41 Å². The molecule has 3 aromatic rings. The van der Waals surface area contributed by atoms with Crippen molar-refractivity contribution in [2.45, 2.75) is 110 Å². The molecule has 39 heavy (non-hydrogen) atoms. The van der Waals surface area contributed by atoms with Crippen LogP contribution in [0.1, 0.15) is 103 Å². The maximum absolute atomic E-state index is 13.2. The maximum atomic E-state index is 13.2. The summed E-state index contributed by atoms with van der Waals surface area (Å²) >= 11 is 0. The molecule has 0 amide bonds. The first-order valence-corrected chi connectivity index (χ1v) is 13.8. The van der Waals surface area contributed by atoms with E-state index in [2.05, 4.69) is 93.5 Å². The highest BCUT2D eigenvalue weighted by molar-refractivity contribution is 5.29. The largest absolute Gasteiger partial charge is 0.207 e. The van der Waals surface area contributed by atoms with Crippen molar-refractivity contribution in [1.82, 2.24) is 0 Å². The van der Waals surface area contributed by atoms with E-state index in [0.717, 1.165) is 29.5 Å². The van der Waals surface area contributed by atoms with Gasteiger partial charge in [-0.05, 0) is 108 Å². The minimum atomic E-state index is -0.134. The second kappa shape index (κ2) is 15.3. The lowest BCUT2D eigenvalue weighted by molar-refractivity contribution is 0.409. The molecule has 0 saturated heterocycles. The van der Waals surface area contributed by atoms with Crippen LogP contribution in [0.15, 0.2) is 60.7 Å². The standard InChI is InChI=1S/2C12H17F.C12H18.CH4/c1-9-5-6-11(13)7-10(9)8-12(2,3)4;1-9-10(8-12(2,3)4)6-5-7-11(9)13;1-10-7-5-6-8-11(10)9-12(2,3)4;/h2*5-7H,8H2,1-4H3;5-8H,9H2,1-4H3;1H4.